The summed E-state index contributed by atoms with van der Waals surface area (Å²) in [4.78, 5) is 0. The Bertz CT molecular complexity index is 2220. The molecule has 2 aromatic heterocycles. The van der Waals surface area contributed by atoms with Crippen LogP contribution in [0.25, 0.3) is 0 Å². The maximum absolute atomic E-state index is 15.4. The highest BCUT2D eigenvalue weighted by Gasteiger charge is 2.52. The molecular weight excluding hydrogens is 958 g/mol. The van der Waals surface area contributed by atoms with Gasteiger partial charge in [-0.15, -0.1) is 21.9 Å². The van der Waals surface area contributed by atoms with Gasteiger partial charge < -0.3 is 8.83 Å². The molecule has 0 aliphatic carbocycles. The molecular formula is C34H10BF20IO2. The molecule has 0 fully saturated rings. The number of rotatable bonds is 6. The third kappa shape index (κ3) is 6.74. The molecule has 0 aliphatic heterocycles. The van der Waals surface area contributed by atoms with E-state index in [0.29, 0.717) is 0 Å². The molecule has 0 saturated carbocycles. The Balaban J connectivity index is 0.000000414. The number of aryl methyl sites for hydroxylation is 2. The van der Waals surface area contributed by atoms with E-state index in [1.165, 1.54) is 0 Å². The first-order chi connectivity index (χ1) is 26.9. The predicted molar refractivity (Wildman–Crippen MR) is 154 cm³/mol. The van der Waals surface area contributed by atoms with Crippen molar-refractivity contribution in [1.29, 1.82) is 0 Å². The zero-order valence-electron chi connectivity index (χ0n) is 27.6. The van der Waals surface area contributed by atoms with Gasteiger partial charge in [0, 0.05) is 12.1 Å². The molecule has 0 atom stereocenters. The summed E-state index contributed by atoms with van der Waals surface area (Å²) in [6, 6.07) is 8.04. The molecule has 58 heavy (non-hydrogen) atoms. The van der Waals surface area contributed by atoms with Gasteiger partial charge in [-0.2, -0.15) is 0 Å². The van der Waals surface area contributed by atoms with Gasteiger partial charge in [0.2, 0.25) is 0 Å². The van der Waals surface area contributed by atoms with Crippen LogP contribution in [0.4, 0.5) is 87.8 Å². The molecule has 0 saturated heterocycles. The number of halogens is 21. The lowest BCUT2D eigenvalue weighted by Gasteiger charge is -2.44. The minimum absolute atomic E-state index is 0.263. The second-order valence-electron chi connectivity index (χ2n) is 11.6. The van der Waals surface area contributed by atoms with Gasteiger partial charge in [-0.25, -0.2) is 87.8 Å². The van der Waals surface area contributed by atoms with Gasteiger partial charge in [0.05, 0.1) is 0 Å². The Kier molecular flexibility index (Phi) is 12.0. The fraction of sp³-hybridized carbons (Fsp3) is 0.0588. The van der Waals surface area contributed by atoms with Crippen LogP contribution in [0.15, 0.2) is 33.1 Å². The van der Waals surface area contributed by atoms with E-state index in [0.717, 1.165) is 19.1 Å². The molecule has 2 heterocycles. The van der Waals surface area contributed by atoms with Crippen molar-refractivity contribution in [2.75, 3.05) is 0 Å². The van der Waals surface area contributed by atoms with E-state index in [9.17, 15) is 52.7 Å². The Labute approximate surface area is 318 Å². The van der Waals surface area contributed by atoms with Crippen molar-refractivity contribution in [2.45, 2.75) is 13.8 Å². The van der Waals surface area contributed by atoms with Crippen molar-refractivity contribution < 1.29 is 118 Å². The van der Waals surface area contributed by atoms with E-state index >= 15 is 35.1 Å². The molecule has 0 bridgehead atoms. The highest BCUT2D eigenvalue weighted by atomic mass is 127. The number of hydrogen-bond donors (Lipinski definition) is 0. The van der Waals surface area contributed by atoms with Crippen molar-refractivity contribution in [1.82, 2.24) is 0 Å². The third-order valence-corrected chi connectivity index (χ3v) is 10.5. The Morgan fingerprint density at radius 2 is 0.466 bits per heavy atom. The van der Waals surface area contributed by atoms with Crippen molar-refractivity contribution in [3.8, 4) is 0 Å². The lowest BCUT2D eigenvalue weighted by Crippen LogP contribution is -3.61. The topological polar surface area (TPSA) is 26.3 Å². The summed E-state index contributed by atoms with van der Waals surface area (Å²) in [5.74, 6) is -69.5. The van der Waals surface area contributed by atoms with Crippen LogP contribution >= 0.6 is 0 Å². The van der Waals surface area contributed by atoms with Crippen molar-refractivity contribution >= 4 is 28.0 Å². The summed E-state index contributed by atoms with van der Waals surface area (Å²) in [6.45, 7) is 3.92. The summed E-state index contributed by atoms with van der Waals surface area (Å²) in [5, 5.41) is 0. The van der Waals surface area contributed by atoms with Crippen LogP contribution in [0.1, 0.15) is 11.5 Å². The van der Waals surface area contributed by atoms with Gasteiger partial charge in [-0.05, 0) is 26.0 Å². The number of hydrogen-bond acceptors (Lipinski definition) is 2. The molecule has 0 radical (unpaired) electrons. The van der Waals surface area contributed by atoms with E-state index in [1.54, 1.807) is 0 Å². The number of benzene rings is 4. The van der Waals surface area contributed by atoms with Crippen LogP contribution in [-0.2, 0) is 0 Å². The lowest BCUT2D eigenvalue weighted by molar-refractivity contribution is -0.636. The molecule has 6 rings (SSSR count). The monoisotopic (exact) mass is 968 g/mol. The second kappa shape index (κ2) is 15.9. The van der Waals surface area contributed by atoms with Crippen LogP contribution in [0.3, 0.4) is 0 Å². The van der Waals surface area contributed by atoms with E-state index in [1.807, 2.05) is 38.1 Å². The van der Waals surface area contributed by atoms with Crippen molar-refractivity contribution in [3.05, 3.63) is 160 Å². The van der Waals surface area contributed by atoms with Crippen LogP contribution in [0.2, 0.25) is 0 Å². The van der Waals surface area contributed by atoms with Crippen molar-refractivity contribution in [2.24, 2.45) is 0 Å². The summed E-state index contributed by atoms with van der Waals surface area (Å²) in [6.07, 6.45) is -7.22. The maximum atomic E-state index is 15.4. The first-order valence-corrected chi connectivity index (χ1v) is 17.1. The van der Waals surface area contributed by atoms with E-state index in [-0.39, 0.29) is 21.2 Å². The quantitative estimate of drug-likeness (QED) is 0.0730. The first kappa shape index (κ1) is 43.9. The zero-order chi connectivity index (χ0) is 43.6. The molecule has 4 aromatic carbocycles. The minimum atomic E-state index is -7.22. The predicted octanol–water partition coefficient (Wildman–Crippen LogP) is 5.46. The molecule has 0 N–H and O–H groups in total. The fourth-order valence-corrected chi connectivity index (χ4v) is 8.03. The molecule has 6 aromatic rings. The second-order valence-corrected chi connectivity index (χ2v) is 14.3. The Morgan fingerprint density at radius 3 is 0.621 bits per heavy atom. The average Bonchev–Trinajstić information content (AvgIpc) is 3.80. The zero-order valence-corrected chi connectivity index (χ0v) is 29.8. The number of furan rings is 2. The summed E-state index contributed by atoms with van der Waals surface area (Å²) in [5.41, 5.74) is -14.3. The van der Waals surface area contributed by atoms with Gasteiger partial charge in [0.25, 0.3) is 0 Å². The van der Waals surface area contributed by atoms with Crippen molar-refractivity contribution in [3.63, 3.8) is 0 Å². The molecule has 24 heteroatoms. The fourth-order valence-electron chi connectivity index (χ4n) is 5.88. The first-order valence-electron chi connectivity index (χ1n) is 15.0. The summed E-state index contributed by atoms with van der Waals surface area (Å²) in [7, 11) is 0. The maximum Gasteiger partial charge on any atom is 0.442 e. The molecule has 0 aliphatic rings. The van der Waals surface area contributed by atoms with E-state index in [4.69, 9.17) is 8.83 Å². The van der Waals surface area contributed by atoms with Gasteiger partial charge in [0.1, 0.15) is 64.2 Å². The highest BCUT2D eigenvalue weighted by Crippen LogP contribution is 2.30. The largest absolute Gasteiger partial charge is 0.442 e. The molecule has 0 unspecified atom stereocenters. The Morgan fingerprint density at radius 1 is 0.293 bits per heavy atom. The normalized spacial score (nSPS) is 11.7. The van der Waals surface area contributed by atoms with Crippen LogP contribution in [0.5, 0.6) is 0 Å². The van der Waals surface area contributed by atoms with Gasteiger partial charge >= 0.3 is 28.7 Å². The lowest BCUT2D eigenvalue weighted by atomic mass is 9.12. The summed E-state index contributed by atoms with van der Waals surface area (Å²) < 4.78 is 307. The van der Waals surface area contributed by atoms with Gasteiger partial charge in [-0.3, -0.25) is 0 Å². The van der Waals surface area contributed by atoms with Gasteiger partial charge in [0.15, 0.2) is 69.8 Å². The summed E-state index contributed by atoms with van der Waals surface area (Å²) >= 11 is -0.263. The van der Waals surface area contributed by atoms with E-state index in [2.05, 4.69) is 0 Å². The standard InChI is InChI=1S/C24BF20.C10H10IO2/c26-5-1(6(27)14(35)21(42)13(5)34)25(2-7(28)15(36)22(43)16(37)8(2)29,3-9(30)17(38)23(44)18(39)10(3)31)4-11(32)19(40)24(45)20(41)12(4)33;1-7-3-5-9(12-7)11-10-6-4-8(2)13-10/h;3-6H,1-2H3/q-1;+1. The molecule has 308 valence electrons. The Hall–Kier alpha value is -5.17. The van der Waals surface area contributed by atoms with Crippen LogP contribution < -0.4 is 43.1 Å². The molecule has 0 spiro atoms. The third-order valence-electron chi connectivity index (χ3n) is 8.31. The van der Waals surface area contributed by atoms with Crippen LogP contribution in [-0.4, -0.2) is 6.15 Å². The minimum Gasteiger partial charge on any atom is -0.424 e. The van der Waals surface area contributed by atoms with Crippen LogP contribution in [0, 0.1) is 138 Å². The molecule has 0 amide bonds. The smallest absolute Gasteiger partial charge is 0.424 e. The highest BCUT2D eigenvalue weighted by molar-refractivity contribution is 7.20. The van der Waals surface area contributed by atoms with E-state index < -0.39 is 144 Å². The van der Waals surface area contributed by atoms with Gasteiger partial charge in [-0.1, -0.05) is 0 Å². The molecule has 2 nitrogen and oxygen atoms in total. The average molecular weight is 968 g/mol. The SMILES string of the molecule is Cc1ccc([I+]c2ccc(C)o2)o1.Fc1c(F)c(F)c([B-](c2c(F)c(F)c(F)c(F)c2F)(c2c(F)c(F)c(F)c(F)c2F)c2c(F)c(F)c(F)c(F)c2F)c(F)c1F.